The molecule has 5 nitrogen and oxygen atoms in total. The van der Waals surface area contributed by atoms with E-state index >= 15 is 0 Å². The van der Waals surface area contributed by atoms with Crippen molar-refractivity contribution in [1.29, 1.82) is 0 Å². The highest BCUT2D eigenvalue weighted by molar-refractivity contribution is 7.15. The van der Waals surface area contributed by atoms with Crippen LogP contribution in [-0.4, -0.2) is 27.1 Å². The number of halogens is 3. The molecular weight excluding hydrogens is 401 g/mol. The summed E-state index contributed by atoms with van der Waals surface area (Å²) < 4.78 is 51.8. The van der Waals surface area contributed by atoms with Crippen molar-refractivity contribution < 1.29 is 17.9 Å². The predicted molar refractivity (Wildman–Crippen MR) is 103 cm³/mol. The van der Waals surface area contributed by atoms with Crippen LogP contribution in [0.3, 0.4) is 0 Å². The molecule has 2 aliphatic rings. The summed E-state index contributed by atoms with van der Waals surface area (Å²) in [5, 5.41) is 8.97. The zero-order valence-electron chi connectivity index (χ0n) is 15.7. The lowest BCUT2D eigenvalue weighted by Gasteiger charge is -2.12. The first-order valence-corrected chi connectivity index (χ1v) is 10.1. The smallest absolute Gasteiger partial charge is 0.162 e. The van der Waals surface area contributed by atoms with Crippen LogP contribution in [0.5, 0.6) is 0 Å². The standard InChI is InChI=1S/C20H17F3N4OS/c1-9-19-26-25-10(2)27(19)20-15(11-8-28-7-6-14(23)18(11)29-20)17(24-9)16-12(21)4-3-5-13(16)22/h3-5,9,14H,6-8H2,1-2H3/t9-,14?/m0/s1. The van der Waals surface area contributed by atoms with Crippen molar-refractivity contribution in [3.8, 4) is 5.00 Å². The number of hydrogen-bond donors (Lipinski definition) is 0. The number of aromatic nitrogens is 3. The molecule has 3 aromatic rings. The highest BCUT2D eigenvalue weighted by Gasteiger charge is 2.35. The van der Waals surface area contributed by atoms with Crippen LogP contribution >= 0.6 is 11.3 Å². The predicted octanol–water partition coefficient (Wildman–Crippen LogP) is 4.76. The highest BCUT2D eigenvalue weighted by atomic mass is 32.1. The number of ether oxygens (including phenoxy) is 1. The lowest BCUT2D eigenvalue weighted by Crippen LogP contribution is -2.13. The molecule has 0 amide bonds. The average Bonchev–Trinajstić information content (AvgIpc) is 3.15. The zero-order valence-corrected chi connectivity index (χ0v) is 16.6. The average molecular weight is 418 g/mol. The van der Waals surface area contributed by atoms with E-state index in [-0.39, 0.29) is 30.9 Å². The molecule has 2 atom stereocenters. The van der Waals surface area contributed by atoms with Crippen LogP contribution in [0.25, 0.3) is 5.00 Å². The molecule has 4 heterocycles. The maximum atomic E-state index is 14.9. The van der Waals surface area contributed by atoms with E-state index in [4.69, 9.17) is 4.74 Å². The quantitative estimate of drug-likeness (QED) is 0.573. The molecule has 0 N–H and O–H groups in total. The molecule has 0 fully saturated rings. The van der Waals surface area contributed by atoms with Crippen LogP contribution in [0.1, 0.15) is 58.8 Å². The van der Waals surface area contributed by atoms with Crippen molar-refractivity contribution in [3.63, 3.8) is 0 Å². The van der Waals surface area contributed by atoms with Crippen LogP contribution in [-0.2, 0) is 11.3 Å². The van der Waals surface area contributed by atoms with Crippen molar-refractivity contribution in [2.75, 3.05) is 6.61 Å². The van der Waals surface area contributed by atoms with Gasteiger partial charge in [-0.3, -0.25) is 9.56 Å². The first-order valence-electron chi connectivity index (χ1n) is 9.29. The highest BCUT2D eigenvalue weighted by Crippen LogP contribution is 2.44. The Morgan fingerprint density at radius 2 is 1.93 bits per heavy atom. The monoisotopic (exact) mass is 418 g/mol. The second-order valence-electron chi connectivity index (χ2n) is 7.12. The third kappa shape index (κ3) is 2.75. The van der Waals surface area contributed by atoms with E-state index in [0.717, 1.165) is 0 Å². The van der Waals surface area contributed by atoms with Crippen LogP contribution in [0, 0.1) is 18.6 Å². The summed E-state index contributed by atoms with van der Waals surface area (Å²) in [4.78, 5) is 5.15. The number of nitrogens with zero attached hydrogens (tertiary/aromatic N) is 4. The molecule has 29 heavy (non-hydrogen) atoms. The van der Waals surface area contributed by atoms with E-state index in [0.29, 0.717) is 32.7 Å². The molecule has 0 aliphatic carbocycles. The topological polar surface area (TPSA) is 52.3 Å². The van der Waals surface area contributed by atoms with Crippen molar-refractivity contribution in [2.24, 2.45) is 4.99 Å². The van der Waals surface area contributed by atoms with E-state index in [1.165, 1.54) is 29.5 Å². The van der Waals surface area contributed by atoms with Crippen LogP contribution in [0.2, 0.25) is 0 Å². The normalized spacial score (nSPS) is 20.9. The number of fused-ring (bicyclic) bond motifs is 5. The molecule has 0 bridgehead atoms. The van der Waals surface area contributed by atoms with Gasteiger partial charge in [0.25, 0.3) is 0 Å². The van der Waals surface area contributed by atoms with E-state index in [1.54, 1.807) is 18.4 Å². The molecule has 1 unspecified atom stereocenters. The molecule has 150 valence electrons. The van der Waals surface area contributed by atoms with Crippen molar-refractivity contribution in [3.05, 3.63) is 63.0 Å². The van der Waals surface area contributed by atoms with E-state index in [1.807, 2.05) is 0 Å². The number of hydrogen-bond acceptors (Lipinski definition) is 5. The molecule has 0 spiro atoms. The van der Waals surface area contributed by atoms with Gasteiger partial charge in [-0.2, -0.15) is 0 Å². The Morgan fingerprint density at radius 3 is 2.69 bits per heavy atom. The third-order valence-corrected chi connectivity index (χ3v) is 6.55. The lowest BCUT2D eigenvalue weighted by molar-refractivity contribution is 0.112. The fraction of sp³-hybridized carbons (Fsp3) is 0.350. The van der Waals surface area contributed by atoms with Crippen molar-refractivity contribution in [2.45, 2.75) is 39.1 Å². The summed E-state index contributed by atoms with van der Waals surface area (Å²) in [5.41, 5.74) is 1.01. The molecule has 0 saturated carbocycles. The summed E-state index contributed by atoms with van der Waals surface area (Å²) in [6, 6.07) is 3.21. The molecule has 2 aliphatic heterocycles. The third-order valence-electron chi connectivity index (χ3n) is 5.25. The largest absolute Gasteiger partial charge is 0.377 e. The van der Waals surface area contributed by atoms with Crippen LogP contribution < -0.4 is 0 Å². The van der Waals surface area contributed by atoms with Gasteiger partial charge in [0, 0.05) is 22.4 Å². The summed E-state index contributed by atoms with van der Waals surface area (Å²) >= 11 is 1.25. The Kier molecular flexibility index (Phi) is 4.32. The van der Waals surface area contributed by atoms with Gasteiger partial charge in [0.2, 0.25) is 0 Å². The Morgan fingerprint density at radius 1 is 1.17 bits per heavy atom. The lowest BCUT2D eigenvalue weighted by atomic mass is 9.97. The zero-order chi connectivity index (χ0) is 20.3. The van der Waals surface area contributed by atoms with Crippen LogP contribution in [0.15, 0.2) is 23.2 Å². The Labute approximate surface area is 168 Å². The maximum Gasteiger partial charge on any atom is 0.162 e. The minimum atomic E-state index is -1.21. The number of rotatable bonds is 1. The van der Waals surface area contributed by atoms with Gasteiger partial charge in [0.1, 0.15) is 34.7 Å². The van der Waals surface area contributed by atoms with E-state index < -0.39 is 23.8 Å². The van der Waals surface area contributed by atoms with Crippen molar-refractivity contribution in [1.82, 2.24) is 14.8 Å². The summed E-state index contributed by atoms with van der Waals surface area (Å²) in [6.45, 7) is 4.02. The van der Waals surface area contributed by atoms with Crippen LogP contribution in [0.4, 0.5) is 13.2 Å². The Bertz CT molecular complexity index is 1130. The Balaban J connectivity index is 1.88. The van der Waals surface area contributed by atoms with Gasteiger partial charge in [-0.15, -0.1) is 21.5 Å². The summed E-state index contributed by atoms with van der Waals surface area (Å²) in [5.74, 6) is -0.292. The van der Waals surface area contributed by atoms with Gasteiger partial charge in [-0.05, 0) is 26.0 Å². The molecular formula is C20H17F3N4OS. The Hall–Kier alpha value is -2.52. The fourth-order valence-electron chi connectivity index (χ4n) is 3.89. The number of aliphatic imine (C=N–C) groups is 1. The van der Waals surface area contributed by atoms with Gasteiger partial charge in [0.15, 0.2) is 5.82 Å². The van der Waals surface area contributed by atoms with Crippen molar-refractivity contribution >= 4 is 17.0 Å². The molecule has 0 saturated heterocycles. The van der Waals surface area contributed by atoms with E-state index in [2.05, 4.69) is 15.2 Å². The first kappa shape index (κ1) is 18.5. The number of aryl methyl sites for hydroxylation is 1. The SMILES string of the molecule is Cc1nnc2n1-c1sc3c(c1C(c1c(F)cccc1F)=N[C@H]2C)COCCC3F. The minimum Gasteiger partial charge on any atom is -0.377 e. The minimum absolute atomic E-state index is 0.154. The summed E-state index contributed by atoms with van der Waals surface area (Å²) in [6.07, 6.45) is -0.981. The number of alkyl halides is 1. The second kappa shape index (κ2) is 6.77. The number of thiophene rings is 1. The van der Waals surface area contributed by atoms with Gasteiger partial charge in [0.05, 0.1) is 24.5 Å². The maximum absolute atomic E-state index is 14.9. The summed E-state index contributed by atoms with van der Waals surface area (Å²) in [7, 11) is 0. The fourth-order valence-corrected chi connectivity index (χ4v) is 5.27. The number of benzene rings is 1. The van der Waals surface area contributed by atoms with E-state index in [9.17, 15) is 13.2 Å². The van der Waals surface area contributed by atoms with Gasteiger partial charge < -0.3 is 4.74 Å². The first-order chi connectivity index (χ1) is 14.0. The molecule has 5 rings (SSSR count). The second-order valence-corrected chi connectivity index (χ2v) is 8.16. The van der Waals surface area contributed by atoms with Gasteiger partial charge in [-0.1, -0.05) is 6.07 Å². The molecule has 9 heteroatoms. The van der Waals surface area contributed by atoms with Gasteiger partial charge >= 0.3 is 0 Å². The molecule has 0 radical (unpaired) electrons. The molecule has 2 aromatic heterocycles. The van der Waals surface area contributed by atoms with Gasteiger partial charge in [-0.25, -0.2) is 13.2 Å². The molecule has 1 aromatic carbocycles.